The largest absolute Gasteiger partial charge is 0.337 e. The van der Waals surface area contributed by atoms with Gasteiger partial charge in [0.25, 0.3) is 0 Å². The summed E-state index contributed by atoms with van der Waals surface area (Å²) < 4.78 is 0. The zero-order valence-corrected chi connectivity index (χ0v) is 6.50. The summed E-state index contributed by atoms with van der Waals surface area (Å²) in [6, 6.07) is 1.05. The van der Waals surface area contributed by atoms with E-state index in [2.05, 4.69) is 13.8 Å². The molecule has 2 heteroatoms. The molecule has 0 bridgehead atoms. The minimum absolute atomic E-state index is 0.372. The third-order valence-corrected chi connectivity index (χ3v) is 2.52. The zero-order valence-electron chi connectivity index (χ0n) is 6.50. The number of hydrogen-bond acceptors (Lipinski definition) is 1. The Bertz CT molecular complexity index is 176. The van der Waals surface area contributed by atoms with Gasteiger partial charge < -0.3 is 4.90 Å². The Morgan fingerprint density at radius 2 is 2.30 bits per heavy atom. The molecule has 0 unspecified atom stereocenters. The normalized spacial score (nSPS) is 37.1. The third kappa shape index (κ3) is 0.678. The molecule has 2 nitrogen and oxygen atoms in total. The van der Waals surface area contributed by atoms with E-state index in [0.717, 1.165) is 12.3 Å². The lowest BCUT2D eigenvalue weighted by Crippen LogP contribution is -2.34. The van der Waals surface area contributed by atoms with E-state index >= 15 is 0 Å². The Kier molecular flexibility index (Phi) is 1.08. The summed E-state index contributed by atoms with van der Waals surface area (Å²) in [6.07, 6.45) is 2.09. The number of hydrogen-bond donors (Lipinski definition) is 0. The van der Waals surface area contributed by atoms with Gasteiger partial charge in [-0.2, -0.15) is 0 Å². The van der Waals surface area contributed by atoms with Gasteiger partial charge in [0.15, 0.2) is 0 Å². The summed E-state index contributed by atoms with van der Waals surface area (Å²) in [5.74, 6) is 1.10. The van der Waals surface area contributed by atoms with Gasteiger partial charge in [0.2, 0.25) is 5.91 Å². The SMILES string of the molecule is CC(C)N1C(=O)C[C@H]2C[C@H]21. The number of carbonyl (C=O) groups is 1. The van der Waals surface area contributed by atoms with Crippen LogP contribution in [0.1, 0.15) is 26.7 Å². The van der Waals surface area contributed by atoms with Gasteiger partial charge in [0.1, 0.15) is 0 Å². The predicted molar refractivity (Wildman–Crippen MR) is 38.5 cm³/mol. The van der Waals surface area contributed by atoms with Gasteiger partial charge in [-0.1, -0.05) is 0 Å². The first-order chi connectivity index (χ1) is 4.70. The molecule has 2 fully saturated rings. The Morgan fingerprint density at radius 3 is 2.60 bits per heavy atom. The molecule has 1 saturated carbocycles. The van der Waals surface area contributed by atoms with E-state index in [0.29, 0.717) is 18.0 Å². The lowest BCUT2D eigenvalue weighted by molar-refractivity contribution is -0.130. The monoisotopic (exact) mass is 139 g/mol. The second kappa shape index (κ2) is 1.74. The van der Waals surface area contributed by atoms with E-state index in [9.17, 15) is 4.79 Å². The molecule has 2 aliphatic rings. The van der Waals surface area contributed by atoms with E-state index in [-0.39, 0.29) is 0 Å². The van der Waals surface area contributed by atoms with Crippen molar-refractivity contribution in [1.29, 1.82) is 0 Å². The molecule has 0 radical (unpaired) electrons. The number of amides is 1. The van der Waals surface area contributed by atoms with Crippen molar-refractivity contribution in [2.45, 2.75) is 38.8 Å². The van der Waals surface area contributed by atoms with E-state index < -0.39 is 0 Å². The molecule has 0 N–H and O–H groups in total. The minimum Gasteiger partial charge on any atom is -0.337 e. The number of fused-ring (bicyclic) bond motifs is 1. The van der Waals surface area contributed by atoms with Crippen molar-refractivity contribution >= 4 is 5.91 Å². The smallest absolute Gasteiger partial charge is 0.223 e. The van der Waals surface area contributed by atoms with Crippen LogP contribution in [0, 0.1) is 5.92 Å². The van der Waals surface area contributed by atoms with Crippen LogP contribution in [0.3, 0.4) is 0 Å². The number of rotatable bonds is 1. The van der Waals surface area contributed by atoms with Crippen LogP contribution >= 0.6 is 0 Å². The van der Waals surface area contributed by atoms with E-state index in [4.69, 9.17) is 0 Å². The van der Waals surface area contributed by atoms with Crippen molar-refractivity contribution in [3.05, 3.63) is 0 Å². The highest BCUT2D eigenvalue weighted by Crippen LogP contribution is 2.45. The molecule has 0 aromatic heterocycles. The summed E-state index contributed by atoms with van der Waals surface area (Å²) in [6.45, 7) is 4.19. The lowest BCUT2D eigenvalue weighted by Gasteiger charge is -2.22. The quantitative estimate of drug-likeness (QED) is 0.531. The first kappa shape index (κ1) is 6.20. The molecule has 0 aromatic rings. The van der Waals surface area contributed by atoms with Crippen LogP contribution in [-0.4, -0.2) is 22.9 Å². The maximum atomic E-state index is 11.2. The molecule has 56 valence electrons. The van der Waals surface area contributed by atoms with Gasteiger partial charge >= 0.3 is 0 Å². The van der Waals surface area contributed by atoms with Gasteiger partial charge in [0, 0.05) is 18.5 Å². The topological polar surface area (TPSA) is 20.3 Å². The van der Waals surface area contributed by atoms with Crippen molar-refractivity contribution in [3.8, 4) is 0 Å². The molecule has 2 rings (SSSR count). The highest BCUT2D eigenvalue weighted by Gasteiger charge is 2.51. The van der Waals surface area contributed by atoms with E-state index in [1.54, 1.807) is 0 Å². The molecule has 1 heterocycles. The third-order valence-electron chi connectivity index (χ3n) is 2.52. The van der Waals surface area contributed by atoms with E-state index in [1.807, 2.05) is 4.90 Å². The molecular formula is C8H13NO. The molecular weight excluding hydrogens is 126 g/mol. The van der Waals surface area contributed by atoms with Crippen molar-refractivity contribution in [1.82, 2.24) is 4.90 Å². The summed E-state index contributed by atoms with van der Waals surface area (Å²) in [4.78, 5) is 13.2. The summed E-state index contributed by atoms with van der Waals surface area (Å²) in [5.41, 5.74) is 0. The van der Waals surface area contributed by atoms with Crippen LogP contribution in [0.4, 0.5) is 0 Å². The first-order valence-corrected chi connectivity index (χ1v) is 4.01. The van der Waals surface area contributed by atoms with Crippen LogP contribution in [0.5, 0.6) is 0 Å². The summed E-state index contributed by atoms with van der Waals surface area (Å²) in [7, 11) is 0. The van der Waals surface area contributed by atoms with Crippen LogP contribution in [0.25, 0.3) is 0 Å². The first-order valence-electron chi connectivity index (χ1n) is 4.01. The summed E-state index contributed by atoms with van der Waals surface area (Å²) in [5, 5.41) is 0. The Morgan fingerprint density at radius 1 is 1.60 bits per heavy atom. The average Bonchev–Trinajstić information content (AvgIpc) is 2.42. The van der Waals surface area contributed by atoms with Crippen LogP contribution < -0.4 is 0 Å². The fourth-order valence-corrected chi connectivity index (χ4v) is 1.98. The fourth-order valence-electron chi connectivity index (χ4n) is 1.98. The van der Waals surface area contributed by atoms with Gasteiger partial charge in [-0.05, 0) is 26.2 Å². The van der Waals surface area contributed by atoms with Crippen molar-refractivity contribution in [3.63, 3.8) is 0 Å². The van der Waals surface area contributed by atoms with Gasteiger partial charge in [-0.15, -0.1) is 0 Å². The summed E-state index contributed by atoms with van der Waals surface area (Å²) >= 11 is 0. The Hall–Kier alpha value is -0.530. The van der Waals surface area contributed by atoms with Gasteiger partial charge in [-0.25, -0.2) is 0 Å². The molecule has 10 heavy (non-hydrogen) atoms. The van der Waals surface area contributed by atoms with Gasteiger partial charge in [0.05, 0.1) is 0 Å². The van der Waals surface area contributed by atoms with Crippen LogP contribution in [-0.2, 0) is 4.79 Å². The number of likely N-dealkylation sites (tertiary alicyclic amines) is 1. The second-order valence-corrected chi connectivity index (χ2v) is 3.66. The van der Waals surface area contributed by atoms with Crippen molar-refractivity contribution in [2.24, 2.45) is 5.92 Å². The highest BCUT2D eigenvalue weighted by atomic mass is 16.2. The fraction of sp³-hybridized carbons (Fsp3) is 0.875. The van der Waals surface area contributed by atoms with Crippen molar-refractivity contribution < 1.29 is 4.79 Å². The maximum absolute atomic E-state index is 11.2. The van der Waals surface area contributed by atoms with E-state index in [1.165, 1.54) is 6.42 Å². The average molecular weight is 139 g/mol. The van der Waals surface area contributed by atoms with Gasteiger partial charge in [-0.3, -0.25) is 4.79 Å². The lowest BCUT2D eigenvalue weighted by atomic mass is 10.3. The molecule has 1 aliphatic heterocycles. The number of piperidine rings is 1. The Balaban J connectivity index is 2.12. The van der Waals surface area contributed by atoms with Crippen LogP contribution in [0.2, 0.25) is 0 Å². The maximum Gasteiger partial charge on any atom is 0.223 e. The standard InChI is InChI=1S/C8H13NO/c1-5(2)9-7-3-6(7)4-8(9)10/h5-7H,3-4H2,1-2H3/t6-,7-/m1/s1. The minimum atomic E-state index is 0.372. The molecule has 1 amide bonds. The molecule has 1 saturated heterocycles. The van der Waals surface area contributed by atoms with Crippen LogP contribution in [0.15, 0.2) is 0 Å². The highest BCUT2D eigenvalue weighted by molar-refractivity contribution is 5.81. The molecule has 0 aromatic carbocycles. The zero-order chi connectivity index (χ0) is 7.30. The predicted octanol–water partition coefficient (Wildman–Crippen LogP) is 1.02. The second-order valence-electron chi connectivity index (χ2n) is 3.66. The number of nitrogens with zero attached hydrogens (tertiary/aromatic N) is 1. The molecule has 0 spiro atoms. The number of carbonyl (C=O) groups excluding carboxylic acids is 1. The van der Waals surface area contributed by atoms with Crippen molar-refractivity contribution in [2.75, 3.05) is 0 Å². The molecule has 1 aliphatic carbocycles. The molecule has 2 atom stereocenters. The Labute approximate surface area is 61.2 Å².